The molecule has 0 radical (unpaired) electrons. The summed E-state index contributed by atoms with van der Waals surface area (Å²) in [4.78, 5) is 0. The first-order valence-corrected chi connectivity index (χ1v) is 6.60. The van der Waals surface area contributed by atoms with Crippen LogP contribution in [0, 0.1) is 17.2 Å². The van der Waals surface area contributed by atoms with Crippen molar-refractivity contribution in [1.82, 2.24) is 5.32 Å². The van der Waals surface area contributed by atoms with Crippen LogP contribution in [0.1, 0.15) is 24.0 Å². The lowest BCUT2D eigenvalue weighted by Gasteiger charge is -2.35. The van der Waals surface area contributed by atoms with Crippen molar-refractivity contribution in [1.29, 1.82) is 5.26 Å². The van der Waals surface area contributed by atoms with Crippen LogP contribution in [-0.2, 0) is 11.3 Å². The van der Waals surface area contributed by atoms with Crippen LogP contribution < -0.4 is 10.1 Å². The van der Waals surface area contributed by atoms with Gasteiger partial charge in [0, 0.05) is 0 Å². The van der Waals surface area contributed by atoms with E-state index in [4.69, 9.17) is 14.7 Å². The Labute approximate surface area is 114 Å². The molecule has 1 aliphatic rings. The average Bonchev–Trinajstić information content (AvgIpc) is 2.40. The number of nitrogens with one attached hydrogen (secondary N) is 1. The van der Waals surface area contributed by atoms with Gasteiger partial charge in [0.25, 0.3) is 0 Å². The van der Waals surface area contributed by atoms with Gasteiger partial charge in [-0.05, 0) is 50.0 Å². The van der Waals surface area contributed by atoms with Gasteiger partial charge in [0.2, 0.25) is 0 Å². The Balaban J connectivity index is 1.83. The lowest BCUT2D eigenvalue weighted by atomic mass is 9.82. The zero-order chi connectivity index (χ0) is 13.7. The third kappa shape index (κ3) is 3.46. The fourth-order valence-corrected chi connectivity index (χ4v) is 2.40. The van der Waals surface area contributed by atoms with Gasteiger partial charge >= 0.3 is 0 Å². The van der Waals surface area contributed by atoms with Crippen molar-refractivity contribution in [3.63, 3.8) is 0 Å². The van der Waals surface area contributed by atoms with Crippen molar-refractivity contribution >= 4 is 0 Å². The second-order valence-electron chi connectivity index (χ2n) is 4.97. The number of ether oxygens (including phenoxy) is 2. The van der Waals surface area contributed by atoms with Crippen LogP contribution in [0.2, 0.25) is 0 Å². The second kappa shape index (κ2) is 6.55. The molecule has 1 aliphatic carbocycles. The lowest BCUT2D eigenvalue weighted by molar-refractivity contribution is -0.0391. The van der Waals surface area contributed by atoms with Crippen molar-refractivity contribution in [3.8, 4) is 11.8 Å². The van der Waals surface area contributed by atoms with Crippen LogP contribution in [0.4, 0.5) is 0 Å². The van der Waals surface area contributed by atoms with Gasteiger partial charge in [-0.3, -0.25) is 0 Å². The Bertz CT molecular complexity index is 462. The highest BCUT2D eigenvalue weighted by Gasteiger charge is 2.28. The Morgan fingerprint density at radius 2 is 2.21 bits per heavy atom. The molecule has 0 unspecified atom stereocenters. The van der Waals surface area contributed by atoms with Crippen LogP contribution >= 0.6 is 0 Å². The topological polar surface area (TPSA) is 54.3 Å². The Morgan fingerprint density at radius 1 is 1.42 bits per heavy atom. The molecule has 0 saturated heterocycles. The number of hydrogen-bond donors (Lipinski definition) is 1. The summed E-state index contributed by atoms with van der Waals surface area (Å²) >= 11 is 0. The van der Waals surface area contributed by atoms with Crippen LogP contribution in [0.3, 0.4) is 0 Å². The Kier molecular flexibility index (Phi) is 4.78. The predicted molar refractivity (Wildman–Crippen MR) is 72.9 cm³/mol. The molecule has 0 atom stereocenters. The highest BCUT2D eigenvalue weighted by atomic mass is 16.5. The maximum Gasteiger partial charge on any atom is 0.136 e. The molecule has 1 aromatic carbocycles. The van der Waals surface area contributed by atoms with Gasteiger partial charge in [-0.15, -0.1) is 0 Å². The molecule has 4 heteroatoms. The largest absolute Gasteiger partial charge is 0.495 e. The minimum Gasteiger partial charge on any atom is -0.495 e. The normalized spacial score (nSPS) is 21.5. The third-order valence-electron chi connectivity index (χ3n) is 3.56. The van der Waals surface area contributed by atoms with Crippen molar-refractivity contribution in [2.75, 3.05) is 20.7 Å². The highest BCUT2D eigenvalue weighted by molar-refractivity contribution is 5.45. The maximum atomic E-state index is 8.92. The summed E-state index contributed by atoms with van der Waals surface area (Å²) < 4.78 is 11.0. The molecule has 0 aromatic heterocycles. The smallest absolute Gasteiger partial charge is 0.136 e. The van der Waals surface area contributed by atoms with Crippen molar-refractivity contribution in [2.24, 2.45) is 5.92 Å². The molecule has 1 N–H and O–H groups in total. The van der Waals surface area contributed by atoms with Gasteiger partial charge in [0.05, 0.1) is 25.4 Å². The van der Waals surface area contributed by atoms with E-state index in [9.17, 15) is 0 Å². The fourth-order valence-electron chi connectivity index (χ4n) is 2.40. The van der Waals surface area contributed by atoms with Gasteiger partial charge in [-0.25, -0.2) is 0 Å². The molecule has 2 rings (SSSR count). The summed E-state index contributed by atoms with van der Waals surface area (Å²) in [6.45, 7) is 1.66. The fraction of sp³-hybridized carbons (Fsp3) is 0.533. The van der Waals surface area contributed by atoms with E-state index in [2.05, 4.69) is 11.4 Å². The predicted octanol–water partition coefficient (Wildman–Crippen LogP) is 2.08. The standard InChI is InChI=1S/C15H20N2O2/c1-17-9-12-5-14(6-12)19-10-11-3-4-13(8-16)15(7-11)18-2/h3-4,7,12,14,17H,5-6,9-10H2,1-2H3. The zero-order valence-corrected chi connectivity index (χ0v) is 11.5. The van der Waals surface area contributed by atoms with E-state index in [1.165, 1.54) is 0 Å². The summed E-state index contributed by atoms with van der Waals surface area (Å²) in [5.74, 6) is 1.37. The minimum absolute atomic E-state index is 0.375. The molecule has 1 aromatic rings. The van der Waals surface area contributed by atoms with Gasteiger partial charge in [-0.1, -0.05) is 6.07 Å². The number of nitriles is 1. The van der Waals surface area contributed by atoms with E-state index in [-0.39, 0.29) is 0 Å². The SMILES string of the molecule is CNCC1CC(OCc2ccc(C#N)c(OC)c2)C1. The van der Waals surface area contributed by atoms with E-state index >= 15 is 0 Å². The molecule has 1 saturated carbocycles. The first-order valence-electron chi connectivity index (χ1n) is 6.60. The molecule has 19 heavy (non-hydrogen) atoms. The first-order chi connectivity index (χ1) is 9.26. The van der Waals surface area contributed by atoms with E-state index in [0.29, 0.717) is 24.0 Å². The number of nitrogens with zero attached hydrogens (tertiary/aromatic N) is 1. The van der Waals surface area contributed by atoms with Crippen molar-refractivity contribution in [2.45, 2.75) is 25.6 Å². The number of rotatable bonds is 6. The second-order valence-corrected chi connectivity index (χ2v) is 4.97. The van der Waals surface area contributed by atoms with Crippen LogP contribution in [0.15, 0.2) is 18.2 Å². The van der Waals surface area contributed by atoms with Crippen molar-refractivity contribution < 1.29 is 9.47 Å². The quantitative estimate of drug-likeness (QED) is 0.851. The van der Waals surface area contributed by atoms with E-state index in [1.807, 2.05) is 19.2 Å². The third-order valence-corrected chi connectivity index (χ3v) is 3.56. The van der Waals surface area contributed by atoms with Crippen LogP contribution in [0.25, 0.3) is 0 Å². The number of benzene rings is 1. The summed E-state index contributed by atoms with van der Waals surface area (Å²) in [5.41, 5.74) is 1.61. The average molecular weight is 260 g/mol. The summed E-state index contributed by atoms with van der Waals surface area (Å²) in [7, 11) is 3.56. The molecule has 0 heterocycles. The van der Waals surface area contributed by atoms with Crippen LogP contribution in [-0.4, -0.2) is 26.8 Å². The molecule has 0 amide bonds. The van der Waals surface area contributed by atoms with E-state index < -0.39 is 0 Å². The molecule has 102 valence electrons. The summed E-state index contributed by atoms with van der Waals surface area (Å²) in [6.07, 6.45) is 2.64. The van der Waals surface area contributed by atoms with Gasteiger partial charge in [0.15, 0.2) is 0 Å². The molecular weight excluding hydrogens is 240 g/mol. The minimum atomic E-state index is 0.375. The van der Waals surface area contributed by atoms with Gasteiger partial charge in [0.1, 0.15) is 11.8 Å². The van der Waals surface area contributed by atoms with Gasteiger partial charge in [-0.2, -0.15) is 5.26 Å². The lowest BCUT2D eigenvalue weighted by Crippen LogP contribution is -2.36. The molecule has 1 fully saturated rings. The van der Waals surface area contributed by atoms with Gasteiger partial charge < -0.3 is 14.8 Å². The summed E-state index contributed by atoms with van der Waals surface area (Å²) in [5, 5.41) is 12.1. The number of hydrogen-bond acceptors (Lipinski definition) is 4. The van der Waals surface area contributed by atoms with Crippen LogP contribution in [0.5, 0.6) is 5.75 Å². The molecule has 4 nitrogen and oxygen atoms in total. The first kappa shape index (κ1) is 13.9. The van der Waals surface area contributed by atoms with Crippen molar-refractivity contribution in [3.05, 3.63) is 29.3 Å². The monoisotopic (exact) mass is 260 g/mol. The molecular formula is C15H20N2O2. The number of methoxy groups -OCH3 is 1. The Hall–Kier alpha value is -1.57. The van der Waals surface area contributed by atoms with E-state index in [1.54, 1.807) is 13.2 Å². The highest BCUT2D eigenvalue weighted by Crippen LogP contribution is 2.30. The molecule has 0 spiro atoms. The Morgan fingerprint density at radius 3 is 2.84 bits per heavy atom. The molecule has 0 aliphatic heterocycles. The van der Waals surface area contributed by atoms with E-state index in [0.717, 1.165) is 30.9 Å². The maximum absolute atomic E-state index is 8.92. The molecule has 0 bridgehead atoms. The summed E-state index contributed by atoms with van der Waals surface area (Å²) in [6, 6.07) is 7.69. The zero-order valence-electron chi connectivity index (χ0n) is 11.5.